The lowest BCUT2D eigenvalue weighted by Crippen LogP contribution is -2.45. The Bertz CT molecular complexity index is 433. The van der Waals surface area contributed by atoms with Crippen LogP contribution in [0.1, 0.15) is 5.56 Å². The molecule has 0 aliphatic carbocycles. The van der Waals surface area contributed by atoms with E-state index in [2.05, 4.69) is 27.9 Å². The molecule has 2 rings (SSSR count). The zero-order valence-electron chi connectivity index (χ0n) is 10.2. The van der Waals surface area contributed by atoms with E-state index in [1.165, 1.54) is 0 Å². The number of anilines is 1. The van der Waals surface area contributed by atoms with E-state index in [1.807, 2.05) is 0 Å². The van der Waals surface area contributed by atoms with Gasteiger partial charge in [-0.3, -0.25) is 0 Å². The topological polar surface area (TPSA) is 52.4 Å². The van der Waals surface area contributed by atoms with Gasteiger partial charge in [-0.25, -0.2) is 0 Å². The first-order valence-corrected chi connectivity index (χ1v) is 5.63. The van der Waals surface area contributed by atoms with Crippen molar-refractivity contribution in [3.63, 3.8) is 0 Å². The Hall–Kier alpha value is -1.80. The van der Waals surface area contributed by atoms with Crippen molar-refractivity contribution in [3.8, 4) is 11.9 Å². The largest absolute Gasteiger partial charge is 0.481 e. The van der Waals surface area contributed by atoms with Crippen LogP contribution < -0.4 is 9.64 Å². The Kier molecular flexibility index (Phi) is 3.45. The maximum absolute atomic E-state index is 9.10. The van der Waals surface area contributed by atoms with E-state index >= 15 is 0 Å². The fourth-order valence-corrected chi connectivity index (χ4v) is 1.89. The Balaban J connectivity index is 2.27. The average Bonchev–Trinajstić information content (AvgIpc) is 2.39. The van der Waals surface area contributed by atoms with Crippen molar-refractivity contribution in [2.24, 2.45) is 0 Å². The first-order valence-electron chi connectivity index (χ1n) is 5.63. The number of nitriles is 1. The second-order valence-electron chi connectivity index (χ2n) is 4.13. The lowest BCUT2D eigenvalue weighted by molar-refractivity contribution is 0.311. The van der Waals surface area contributed by atoms with Crippen molar-refractivity contribution >= 4 is 5.82 Å². The smallest absolute Gasteiger partial charge is 0.214 e. The maximum Gasteiger partial charge on any atom is 0.214 e. The van der Waals surface area contributed by atoms with Gasteiger partial charge in [0.15, 0.2) is 5.82 Å². The van der Waals surface area contributed by atoms with Gasteiger partial charge in [0.25, 0.3) is 0 Å². The second-order valence-corrected chi connectivity index (χ2v) is 4.13. The van der Waals surface area contributed by atoms with Crippen molar-refractivity contribution in [2.75, 3.05) is 45.2 Å². The lowest BCUT2D eigenvalue weighted by Gasteiger charge is -2.33. The van der Waals surface area contributed by atoms with Gasteiger partial charge in [0.1, 0.15) is 6.07 Å². The van der Waals surface area contributed by atoms with E-state index in [9.17, 15) is 0 Å². The summed E-state index contributed by atoms with van der Waals surface area (Å²) in [5.74, 6) is 1.29. The molecule has 0 saturated carbocycles. The molecule has 0 N–H and O–H groups in total. The average molecular weight is 232 g/mol. The van der Waals surface area contributed by atoms with E-state index in [0.29, 0.717) is 11.4 Å². The van der Waals surface area contributed by atoms with Gasteiger partial charge in [-0.15, -0.1) is 0 Å². The highest BCUT2D eigenvalue weighted by atomic mass is 16.5. The van der Waals surface area contributed by atoms with Gasteiger partial charge in [-0.1, -0.05) is 0 Å². The molecular weight excluding hydrogens is 216 g/mol. The van der Waals surface area contributed by atoms with E-state index in [1.54, 1.807) is 19.2 Å². The van der Waals surface area contributed by atoms with Gasteiger partial charge in [0.2, 0.25) is 5.88 Å². The molecule has 5 nitrogen and oxygen atoms in total. The number of methoxy groups -OCH3 is 1. The van der Waals surface area contributed by atoms with Crippen LogP contribution >= 0.6 is 0 Å². The summed E-state index contributed by atoms with van der Waals surface area (Å²) in [7, 11) is 3.68. The molecule has 1 saturated heterocycles. The van der Waals surface area contributed by atoms with Crippen LogP contribution in [0.5, 0.6) is 5.88 Å². The SMILES string of the molecule is COc1ccc(C#N)c(N2CCN(C)CC2)n1. The summed E-state index contributed by atoms with van der Waals surface area (Å²) in [6.45, 7) is 3.77. The molecule has 1 aromatic heterocycles. The summed E-state index contributed by atoms with van der Waals surface area (Å²) in [6, 6.07) is 5.67. The summed E-state index contributed by atoms with van der Waals surface area (Å²) < 4.78 is 5.11. The van der Waals surface area contributed by atoms with Crippen LogP contribution in [-0.2, 0) is 0 Å². The van der Waals surface area contributed by atoms with Crippen molar-refractivity contribution in [1.29, 1.82) is 5.26 Å². The fraction of sp³-hybridized carbons (Fsp3) is 0.500. The molecule has 0 atom stereocenters. The number of aromatic nitrogens is 1. The molecule has 1 aliphatic rings. The molecule has 0 radical (unpaired) electrons. The predicted octanol–water partition coefficient (Wildman–Crippen LogP) is 0.714. The van der Waals surface area contributed by atoms with Crippen LogP contribution in [0.25, 0.3) is 0 Å². The molecule has 2 heterocycles. The minimum atomic E-state index is 0.554. The molecule has 0 amide bonds. The molecule has 1 fully saturated rings. The molecular formula is C12H16N4O. The van der Waals surface area contributed by atoms with Crippen molar-refractivity contribution in [2.45, 2.75) is 0 Å². The third kappa shape index (κ3) is 2.48. The van der Waals surface area contributed by atoms with E-state index in [4.69, 9.17) is 10.00 Å². The summed E-state index contributed by atoms with van der Waals surface area (Å²) >= 11 is 0. The number of piperazine rings is 1. The van der Waals surface area contributed by atoms with Gasteiger partial charge < -0.3 is 14.5 Å². The number of rotatable bonds is 2. The molecule has 0 spiro atoms. The second kappa shape index (κ2) is 5.02. The van der Waals surface area contributed by atoms with Crippen LogP contribution in [-0.4, -0.2) is 50.2 Å². The summed E-state index contributed by atoms with van der Waals surface area (Å²) in [4.78, 5) is 8.78. The third-order valence-corrected chi connectivity index (χ3v) is 2.98. The Morgan fingerprint density at radius 3 is 2.59 bits per heavy atom. The van der Waals surface area contributed by atoms with Gasteiger partial charge in [-0.05, 0) is 13.1 Å². The van der Waals surface area contributed by atoms with E-state index < -0.39 is 0 Å². The van der Waals surface area contributed by atoms with Crippen LogP contribution in [0.2, 0.25) is 0 Å². The zero-order valence-corrected chi connectivity index (χ0v) is 10.2. The van der Waals surface area contributed by atoms with E-state index in [-0.39, 0.29) is 0 Å². The molecule has 0 bridgehead atoms. The molecule has 0 unspecified atom stereocenters. The summed E-state index contributed by atoms with van der Waals surface area (Å²) in [6.07, 6.45) is 0. The number of hydrogen-bond acceptors (Lipinski definition) is 5. The Morgan fingerprint density at radius 2 is 2.00 bits per heavy atom. The van der Waals surface area contributed by atoms with Crippen molar-refractivity contribution < 1.29 is 4.74 Å². The molecule has 0 aromatic carbocycles. The first kappa shape index (κ1) is 11.7. The number of pyridine rings is 1. The minimum Gasteiger partial charge on any atom is -0.481 e. The summed E-state index contributed by atoms with van der Waals surface area (Å²) in [5, 5.41) is 9.10. The van der Waals surface area contributed by atoms with Crippen LogP contribution in [0.3, 0.4) is 0 Å². The van der Waals surface area contributed by atoms with Crippen LogP contribution in [0.4, 0.5) is 5.82 Å². The van der Waals surface area contributed by atoms with Crippen LogP contribution in [0, 0.1) is 11.3 Å². The van der Waals surface area contributed by atoms with Crippen molar-refractivity contribution in [1.82, 2.24) is 9.88 Å². The Morgan fingerprint density at radius 1 is 1.29 bits per heavy atom. The quantitative estimate of drug-likeness (QED) is 0.751. The molecule has 1 aliphatic heterocycles. The first-order chi connectivity index (χ1) is 8.24. The minimum absolute atomic E-state index is 0.554. The van der Waals surface area contributed by atoms with Gasteiger partial charge in [0.05, 0.1) is 12.7 Å². The number of likely N-dealkylation sites (N-methyl/N-ethyl adjacent to an activating group) is 1. The lowest BCUT2D eigenvalue weighted by atomic mass is 10.2. The van der Waals surface area contributed by atoms with Gasteiger partial charge in [-0.2, -0.15) is 10.2 Å². The van der Waals surface area contributed by atoms with Gasteiger partial charge in [0, 0.05) is 32.2 Å². The zero-order chi connectivity index (χ0) is 12.3. The molecule has 1 aromatic rings. The van der Waals surface area contributed by atoms with Crippen LogP contribution in [0.15, 0.2) is 12.1 Å². The highest BCUT2D eigenvalue weighted by Crippen LogP contribution is 2.22. The fourth-order valence-electron chi connectivity index (χ4n) is 1.89. The summed E-state index contributed by atoms with van der Waals surface area (Å²) in [5.41, 5.74) is 0.607. The predicted molar refractivity (Wildman–Crippen MR) is 65.2 cm³/mol. The Labute approximate surface area is 101 Å². The molecule has 17 heavy (non-hydrogen) atoms. The highest BCUT2D eigenvalue weighted by molar-refractivity contribution is 5.55. The third-order valence-electron chi connectivity index (χ3n) is 2.98. The molecule has 5 heteroatoms. The monoisotopic (exact) mass is 232 g/mol. The standard InChI is InChI=1S/C12H16N4O/c1-15-5-7-16(8-6-15)12-10(9-13)3-4-11(14-12)17-2/h3-4H,5-8H2,1-2H3. The van der Waals surface area contributed by atoms with Crippen molar-refractivity contribution in [3.05, 3.63) is 17.7 Å². The normalized spacial score (nSPS) is 16.6. The maximum atomic E-state index is 9.10. The highest BCUT2D eigenvalue weighted by Gasteiger charge is 2.18. The number of nitrogens with zero attached hydrogens (tertiary/aromatic N) is 4. The number of hydrogen-bond donors (Lipinski definition) is 0. The van der Waals surface area contributed by atoms with Gasteiger partial charge >= 0.3 is 0 Å². The molecule has 90 valence electrons. The van der Waals surface area contributed by atoms with E-state index in [0.717, 1.165) is 32.0 Å². The number of ether oxygens (including phenoxy) is 1.